The molecule has 3 aromatic rings. The molecule has 1 atom stereocenters. The van der Waals surface area contributed by atoms with Crippen LogP contribution in [0.3, 0.4) is 0 Å². The first kappa shape index (κ1) is 16.5. The zero-order chi connectivity index (χ0) is 17.9. The van der Waals surface area contributed by atoms with Gasteiger partial charge in [0.05, 0.1) is 17.1 Å². The van der Waals surface area contributed by atoms with Crippen LogP contribution in [0.4, 0.5) is 11.4 Å². The maximum atomic E-state index is 12.5. The number of ether oxygens (including phenoxy) is 1. The molecule has 4 rings (SSSR count). The number of anilines is 2. The molecule has 0 aliphatic carbocycles. The molecule has 1 N–H and O–H groups in total. The summed E-state index contributed by atoms with van der Waals surface area (Å²) in [6.45, 7) is 1.89. The Morgan fingerprint density at radius 1 is 1.12 bits per heavy atom. The smallest absolute Gasteiger partial charge is 0.255 e. The van der Waals surface area contributed by atoms with Crippen LogP contribution in [-0.4, -0.2) is 42.2 Å². The first-order chi connectivity index (χ1) is 12.7. The topological polar surface area (TPSA) is 67.3 Å². The SMILES string of the molecule is COC1CCN(c2ccc(NC(=O)c3ccc4nccnc4c3)cc2)C1. The van der Waals surface area contributed by atoms with Crippen LogP contribution in [0.25, 0.3) is 11.0 Å². The van der Waals surface area contributed by atoms with Crippen LogP contribution >= 0.6 is 0 Å². The van der Waals surface area contributed by atoms with Crippen molar-refractivity contribution in [1.82, 2.24) is 9.97 Å². The van der Waals surface area contributed by atoms with Crippen LogP contribution in [0.15, 0.2) is 54.9 Å². The third kappa shape index (κ3) is 3.36. The Morgan fingerprint density at radius 2 is 1.88 bits per heavy atom. The Morgan fingerprint density at radius 3 is 2.62 bits per heavy atom. The molecule has 26 heavy (non-hydrogen) atoms. The van der Waals surface area contributed by atoms with Gasteiger partial charge in [-0.1, -0.05) is 0 Å². The van der Waals surface area contributed by atoms with Crippen LogP contribution in [0, 0.1) is 0 Å². The second kappa shape index (κ2) is 7.09. The largest absolute Gasteiger partial charge is 0.380 e. The molecular weight excluding hydrogens is 328 g/mol. The lowest BCUT2D eigenvalue weighted by atomic mass is 10.1. The van der Waals surface area contributed by atoms with Crippen molar-refractivity contribution in [3.63, 3.8) is 0 Å². The second-order valence-corrected chi connectivity index (χ2v) is 6.35. The highest BCUT2D eigenvalue weighted by Gasteiger charge is 2.22. The third-order valence-electron chi connectivity index (χ3n) is 4.70. The highest BCUT2D eigenvalue weighted by Crippen LogP contribution is 2.23. The van der Waals surface area contributed by atoms with E-state index in [2.05, 4.69) is 20.2 Å². The van der Waals surface area contributed by atoms with E-state index in [1.54, 1.807) is 37.7 Å². The molecular formula is C20H20N4O2. The summed E-state index contributed by atoms with van der Waals surface area (Å²) in [5.74, 6) is -0.161. The molecule has 1 aliphatic heterocycles. The first-order valence-electron chi connectivity index (χ1n) is 8.63. The summed E-state index contributed by atoms with van der Waals surface area (Å²) in [7, 11) is 1.76. The van der Waals surface area contributed by atoms with E-state index < -0.39 is 0 Å². The van der Waals surface area contributed by atoms with Crippen molar-refractivity contribution in [1.29, 1.82) is 0 Å². The number of fused-ring (bicyclic) bond motifs is 1. The summed E-state index contributed by atoms with van der Waals surface area (Å²) in [6, 6.07) is 13.2. The van der Waals surface area contributed by atoms with Crippen LogP contribution in [0.1, 0.15) is 16.8 Å². The van der Waals surface area contributed by atoms with Gasteiger partial charge in [-0.25, -0.2) is 0 Å². The Kier molecular flexibility index (Phi) is 4.50. The van der Waals surface area contributed by atoms with E-state index in [1.165, 1.54) is 0 Å². The van der Waals surface area contributed by atoms with Gasteiger partial charge >= 0.3 is 0 Å². The summed E-state index contributed by atoms with van der Waals surface area (Å²) < 4.78 is 5.41. The quantitative estimate of drug-likeness (QED) is 0.785. The highest BCUT2D eigenvalue weighted by molar-refractivity contribution is 6.05. The van der Waals surface area contributed by atoms with E-state index in [1.807, 2.05) is 24.3 Å². The molecule has 1 aliphatic rings. The van der Waals surface area contributed by atoms with Crippen LogP contribution in [0.5, 0.6) is 0 Å². The number of aromatic nitrogens is 2. The van der Waals surface area contributed by atoms with Crippen molar-refractivity contribution in [2.75, 3.05) is 30.4 Å². The molecule has 2 aromatic carbocycles. The molecule has 0 spiro atoms. The second-order valence-electron chi connectivity index (χ2n) is 6.35. The van der Waals surface area contributed by atoms with Crippen LogP contribution < -0.4 is 10.2 Å². The van der Waals surface area contributed by atoms with Gasteiger partial charge in [0.1, 0.15) is 0 Å². The average Bonchev–Trinajstić information content (AvgIpc) is 3.17. The maximum Gasteiger partial charge on any atom is 0.255 e. The number of rotatable bonds is 4. The molecule has 0 radical (unpaired) electrons. The maximum absolute atomic E-state index is 12.5. The molecule has 1 fully saturated rings. The normalized spacial score (nSPS) is 16.8. The minimum atomic E-state index is -0.161. The first-order valence-corrected chi connectivity index (χ1v) is 8.63. The van der Waals surface area contributed by atoms with Crippen LogP contribution in [-0.2, 0) is 4.74 Å². The van der Waals surface area contributed by atoms with Gasteiger partial charge in [0.2, 0.25) is 0 Å². The molecule has 2 heterocycles. The van der Waals surface area contributed by atoms with Crippen molar-refractivity contribution < 1.29 is 9.53 Å². The van der Waals surface area contributed by atoms with E-state index in [4.69, 9.17) is 4.74 Å². The van der Waals surface area contributed by atoms with Gasteiger partial charge in [-0.05, 0) is 48.9 Å². The standard InChI is InChI=1S/C20H20N4O2/c1-26-17-8-11-24(13-17)16-5-3-15(4-6-16)23-20(25)14-2-7-18-19(12-14)22-10-9-21-18/h2-7,9-10,12,17H,8,11,13H2,1H3,(H,23,25). The average molecular weight is 348 g/mol. The molecule has 1 saturated heterocycles. The van der Waals surface area contributed by atoms with Gasteiger partial charge in [0.25, 0.3) is 5.91 Å². The lowest BCUT2D eigenvalue weighted by molar-refractivity contribution is 0.102. The van der Waals surface area contributed by atoms with Gasteiger partial charge < -0.3 is 15.0 Å². The summed E-state index contributed by atoms with van der Waals surface area (Å²) in [4.78, 5) is 23.2. The van der Waals surface area contributed by atoms with Crippen LogP contribution in [0.2, 0.25) is 0 Å². The van der Waals surface area contributed by atoms with Crippen molar-refractivity contribution in [2.24, 2.45) is 0 Å². The zero-order valence-electron chi connectivity index (χ0n) is 14.6. The molecule has 6 heteroatoms. The third-order valence-corrected chi connectivity index (χ3v) is 4.70. The monoisotopic (exact) mass is 348 g/mol. The van der Waals surface area contributed by atoms with E-state index in [0.717, 1.165) is 36.4 Å². The molecule has 6 nitrogen and oxygen atoms in total. The number of methoxy groups -OCH3 is 1. The number of nitrogens with zero attached hydrogens (tertiary/aromatic N) is 3. The Bertz CT molecular complexity index is 927. The van der Waals surface area contributed by atoms with Gasteiger partial charge in [-0.2, -0.15) is 0 Å². The predicted octanol–water partition coefficient (Wildman–Crippen LogP) is 3.11. The van der Waals surface area contributed by atoms with Gasteiger partial charge in [0.15, 0.2) is 0 Å². The molecule has 0 saturated carbocycles. The van der Waals surface area contributed by atoms with E-state index in [0.29, 0.717) is 17.2 Å². The Balaban J connectivity index is 1.45. The van der Waals surface area contributed by atoms with Crippen molar-refractivity contribution in [3.05, 3.63) is 60.4 Å². The minimum absolute atomic E-state index is 0.161. The molecule has 0 bridgehead atoms. The summed E-state index contributed by atoms with van der Waals surface area (Å²) in [6.07, 6.45) is 4.60. The number of carbonyl (C=O) groups excluding carboxylic acids is 1. The minimum Gasteiger partial charge on any atom is -0.380 e. The summed E-state index contributed by atoms with van der Waals surface area (Å²) >= 11 is 0. The van der Waals surface area contributed by atoms with E-state index in [-0.39, 0.29) is 5.91 Å². The summed E-state index contributed by atoms with van der Waals surface area (Å²) in [5.41, 5.74) is 3.94. The fourth-order valence-corrected chi connectivity index (χ4v) is 3.22. The Labute approximate surface area is 151 Å². The fraction of sp³-hybridized carbons (Fsp3) is 0.250. The van der Waals surface area contributed by atoms with Crippen molar-refractivity contribution in [2.45, 2.75) is 12.5 Å². The fourth-order valence-electron chi connectivity index (χ4n) is 3.22. The van der Waals surface area contributed by atoms with Crippen molar-refractivity contribution >= 4 is 28.3 Å². The highest BCUT2D eigenvalue weighted by atomic mass is 16.5. The number of hydrogen-bond acceptors (Lipinski definition) is 5. The number of amides is 1. The predicted molar refractivity (Wildman–Crippen MR) is 102 cm³/mol. The number of carbonyl (C=O) groups is 1. The number of nitrogens with one attached hydrogen (secondary N) is 1. The number of benzene rings is 2. The molecule has 1 aromatic heterocycles. The van der Waals surface area contributed by atoms with E-state index in [9.17, 15) is 4.79 Å². The lowest BCUT2D eigenvalue weighted by Crippen LogP contribution is -2.22. The zero-order valence-corrected chi connectivity index (χ0v) is 14.6. The Hall–Kier alpha value is -2.99. The van der Waals surface area contributed by atoms with Gasteiger partial charge in [-0.15, -0.1) is 0 Å². The summed E-state index contributed by atoms with van der Waals surface area (Å²) in [5, 5.41) is 2.93. The lowest BCUT2D eigenvalue weighted by Gasteiger charge is -2.18. The molecule has 1 unspecified atom stereocenters. The molecule has 1 amide bonds. The molecule has 132 valence electrons. The number of hydrogen-bond donors (Lipinski definition) is 1. The van der Waals surface area contributed by atoms with Gasteiger partial charge in [-0.3, -0.25) is 14.8 Å². The van der Waals surface area contributed by atoms with Gasteiger partial charge in [0, 0.05) is 49.5 Å². The van der Waals surface area contributed by atoms with Crippen molar-refractivity contribution in [3.8, 4) is 0 Å². The van der Waals surface area contributed by atoms with E-state index >= 15 is 0 Å².